The van der Waals surface area contributed by atoms with E-state index < -0.39 is 5.91 Å². The van der Waals surface area contributed by atoms with Gasteiger partial charge in [-0.15, -0.1) is 11.3 Å². The number of morpholine rings is 1. The zero-order valence-electron chi connectivity index (χ0n) is 13.3. The largest absolute Gasteiger partial charge is 0.379 e. The van der Waals surface area contributed by atoms with Crippen molar-refractivity contribution in [1.29, 1.82) is 0 Å². The molecular weight excluding hydrogens is 316 g/mol. The molecule has 3 N–H and O–H groups in total. The standard InChI is InChI=1S/C15H22N4O3S/c1-18-3-2-10-11(8-18)23-15(13(10)14(16)21)17-12(20)9-19-4-6-22-7-5-19/h2-9H2,1H3,(H2,16,21)(H,17,20). The van der Waals surface area contributed by atoms with Crippen molar-refractivity contribution in [2.75, 3.05) is 51.8 Å². The fourth-order valence-corrected chi connectivity index (χ4v) is 4.36. The summed E-state index contributed by atoms with van der Waals surface area (Å²) in [5, 5.41) is 3.48. The second kappa shape index (κ2) is 6.96. The fraction of sp³-hybridized carbons (Fsp3) is 0.600. The molecule has 1 fully saturated rings. The number of likely N-dealkylation sites (N-methyl/N-ethyl adjacent to an activating group) is 1. The zero-order valence-corrected chi connectivity index (χ0v) is 14.1. The maximum absolute atomic E-state index is 12.3. The fourth-order valence-electron chi connectivity index (χ4n) is 3.01. The van der Waals surface area contributed by atoms with Crippen LogP contribution in [0.15, 0.2) is 0 Å². The highest BCUT2D eigenvalue weighted by atomic mass is 32.1. The first kappa shape index (κ1) is 16.4. The van der Waals surface area contributed by atoms with E-state index in [0.717, 1.165) is 43.0 Å². The lowest BCUT2D eigenvalue weighted by Gasteiger charge is -2.25. The Morgan fingerprint density at radius 1 is 1.30 bits per heavy atom. The SMILES string of the molecule is CN1CCc2c(sc(NC(=O)CN3CCOCC3)c2C(N)=O)C1. The van der Waals surface area contributed by atoms with E-state index in [2.05, 4.69) is 10.2 Å². The normalized spacial score (nSPS) is 19.3. The van der Waals surface area contributed by atoms with Gasteiger partial charge < -0.3 is 20.7 Å². The molecule has 1 aromatic rings. The van der Waals surface area contributed by atoms with E-state index in [-0.39, 0.29) is 5.91 Å². The third-order valence-corrected chi connectivity index (χ3v) is 5.35. The quantitative estimate of drug-likeness (QED) is 0.813. The predicted molar refractivity (Wildman–Crippen MR) is 88.8 cm³/mol. The van der Waals surface area contributed by atoms with Crippen molar-refractivity contribution in [2.45, 2.75) is 13.0 Å². The summed E-state index contributed by atoms with van der Waals surface area (Å²) >= 11 is 1.47. The van der Waals surface area contributed by atoms with Crippen LogP contribution >= 0.6 is 11.3 Å². The number of nitrogens with zero attached hydrogens (tertiary/aromatic N) is 2. The van der Waals surface area contributed by atoms with Crippen molar-refractivity contribution in [1.82, 2.24) is 9.80 Å². The minimum Gasteiger partial charge on any atom is -0.379 e. The number of carbonyl (C=O) groups excluding carboxylic acids is 2. The predicted octanol–water partition coefficient (Wildman–Crippen LogP) is 0.106. The van der Waals surface area contributed by atoms with Crippen LogP contribution in [0, 0.1) is 0 Å². The Kier molecular flexibility index (Phi) is 4.96. The molecule has 2 aliphatic rings. The van der Waals surface area contributed by atoms with Crippen molar-refractivity contribution < 1.29 is 14.3 Å². The molecule has 1 saturated heterocycles. The van der Waals surface area contributed by atoms with Gasteiger partial charge in [-0.3, -0.25) is 14.5 Å². The Bertz CT molecular complexity index is 610. The summed E-state index contributed by atoms with van der Waals surface area (Å²) in [4.78, 5) is 29.5. The highest BCUT2D eigenvalue weighted by Crippen LogP contribution is 2.36. The molecule has 0 radical (unpaired) electrons. The minimum atomic E-state index is -0.464. The highest BCUT2D eigenvalue weighted by molar-refractivity contribution is 7.17. The number of ether oxygens (including phenoxy) is 1. The van der Waals surface area contributed by atoms with Gasteiger partial charge in [0.15, 0.2) is 0 Å². The summed E-state index contributed by atoms with van der Waals surface area (Å²) in [6.45, 7) is 4.80. The first-order valence-electron chi connectivity index (χ1n) is 7.77. The van der Waals surface area contributed by atoms with Gasteiger partial charge in [0, 0.05) is 31.1 Å². The van der Waals surface area contributed by atoms with E-state index in [0.29, 0.717) is 30.3 Å². The molecule has 3 rings (SSSR count). The van der Waals surface area contributed by atoms with E-state index in [9.17, 15) is 9.59 Å². The van der Waals surface area contributed by atoms with E-state index in [1.807, 2.05) is 11.9 Å². The summed E-state index contributed by atoms with van der Waals surface area (Å²) in [6.07, 6.45) is 0.792. The van der Waals surface area contributed by atoms with Gasteiger partial charge in [0.1, 0.15) is 5.00 Å². The zero-order chi connectivity index (χ0) is 16.4. The van der Waals surface area contributed by atoms with E-state index >= 15 is 0 Å². The Morgan fingerprint density at radius 3 is 2.74 bits per heavy atom. The van der Waals surface area contributed by atoms with Gasteiger partial charge in [0.2, 0.25) is 5.91 Å². The number of thiophene rings is 1. The van der Waals surface area contributed by atoms with Gasteiger partial charge >= 0.3 is 0 Å². The van der Waals surface area contributed by atoms with Crippen LogP contribution in [0.1, 0.15) is 20.8 Å². The molecule has 0 spiro atoms. The van der Waals surface area contributed by atoms with E-state index in [4.69, 9.17) is 10.5 Å². The summed E-state index contributed by atoms with van der Waals surface area (Å²) in [7, 11) is 2.04. The van der Waals surface area contributed by atoms with Crippen LogP contribution < -0.4 is 11.1 Å². The van der Waals surface area contributed by atoms with Gasteiger partial charge in [-0.25, -0.2) is 0 Å². The number of amides is 2. The Balaban J connectivity index is 1.74. The number of anilines is 1. The summed E-state index contributed by atoms with van der Waals surface area (Å²) < 4.78 is 5.28. The maximum atomic E-state index is 12.3. The first-order chi connectivity index (χ1) is 11.0. The molecule has 0 aromatic carbocycles. The highest BCUT2D eigenvalue weighted by Gasteiger charge is 2.27. The molecule has 7 nitrogen and oxygen atoms in total. The van der Waals surface area contributed by atoms with Crippen LogP contribution in [0.25, 0.3) is 0 Å². The Morgan fingerprint density at radius 2 is 2.04 bits per heavy atom. The number of rotatable bonds is 4. The molecule has 0 unspecified atom stereocenters. The Hall–Kier alpha value is -1.48. The first-order valence-corrected chi connectivity index (χ1v) is 8.59. The molecule has 8 heteroatoms. The molecule has 23 heavy (non-hydrogen) atoms. The second-order valence-corrected chi connectivity index (χ2v) is 7.10. The van der Waals surface area contributed by atoms with Crippen molar-refractivity contribution >= 4 is 28.2 Å². The number of nitrogens with two attached hydrogens (primary N) is 1. The maximum Gasteiger partial charge on any atom is 0.251 e. The smallest absolute Gasteiger partial charge is 0.251 e. The molecule has 2 amide bonds. The summed E-state index contributed by atoms with van der Waals surface area (Å²) in [6, 6.07) is 0. The van der Waals surface area contributed by atoms with Crippen molar-refractivity contribution in [3.63, 3.8) is 0 Å². The molecule has 0 aliphatic carbocycles. The molecule has 0 saturated carbocycles. The van der Waals surface area contributed by atoms with E-state index in [1.54, 1.807) is 0 Å². The average molecular weight is 338 g/mol. The second-order valence-electron chi connectivity index (χ2n) is 6.00. The van der Waals surface area contributed by atoms with Gasteiger partial charge in [-0.05, 0) is 19.0 Å². The van der Waals surface area contributed by atoms with Crippen molar-refractivity contribution in [3.8, 4) is 0 Å². The van der Waals surface area contributed by atoms with Crippen LogP contribution in [-0.2, 0) is 22.5 Å². The molecule has 126 valence electrons. The topological polar surface area (TPSA) is 87.9 Å². The number of fused-ring (bicyclic) bond motifs is 1. The van der Waals surface area contributed by atoms with Crippen molar-refractivity contribution in [2.24, 2.45) is 5.73 Å². The number of hydrogen-bond donors (Lipinski definition) is 2. The molecule has 3 heterocycles. The van der Waals surface area contributed by atoms with Crippen LogP contribution in [0.3, 0.4) is 0 Å². The third kappa shape index (κ3) is 3.72. The molecular formula is C15H22N4O3S. The van der Waals surface area contributed by atoms with Crippen LogP contribution in [0.2, 0.25) is 0 Å². The van der Waals surface area contributed by atoms with E-state index in [1.165, 1.54) is 11.3 Å². The lowest BCUT2D eigenvalue weighted by atomic mass is 10.0. The summed E-state index contributed by atoms with van der Waals surface area (Å²) in [5.74, 6) is -0.574. The lowest BCUT2D eigenvalue weighted by molar-refractivity contribution is -0.118. The molecule has 2 aliphatic heterocycles. The molecule has 0 atom stereocenters. The van der Waals surface area contributed by atoms with Gasteiger partial charge in [0.05, 0.1) is 25.3 Å². The van der Waals surface area contributed by atoms with Crippen LogP contribution in [-0.4, -0.2) is 68.1 Å². The van der Waals surface area contributed by atoms with Crippen LogP contribution in [0.4, 0.5) is 5.00 Å². The number of hydrogen-bond acceptors (Lipinski definition) is 6. The third-order valence-electron chi connectivity index (χ3n) is 4.22. The minimum absolute atomic E-state index is 0.110. The number of primary amides is 1. The van der Waals surface area contributed by atoms with Crippen molar-refractivity contribution in [3.05, 3.63) is 16.0 Å². The number of carbonyl (C=O) groups is 2. The van der Waals surface area contributed by atoms with Gasteiger partial charge in [0.25, 0.3) is 5.91 Å². The van der Waals surface area contributed by atoms with Crippen LogP contribution in [0.5, 0.6) is 0 Å². The van der Waals surface area contributed by atoms with Gasteiger partial charge in [-0.1, -0.05) is 0 Å². The molecule has 1 aromatic heterocycles. The molecule has 0 bridgehead atoms. The summed E-state index contributed by atoms with van der Waals surface area (Å²) in [5.41, 5.74) is 7.05. The lowest BCUT2D eigenvalue weighted by Crippen LogP contribution is -2.41. The number of nitrogens with one attached hydrogen (secondary N) is 1. The monoisotopic (exact) mass is 338 g/mol. The average Bonchev–Trinajstić information content (AvgIpc) is 2.84. The van der Waals surface area contributed by atoms with Gasteiger partial charge in [-0.2, -0.15) is 0 Å². The Labute approximate surface area is 139 Å².